The Morgan fingerprint density at radius 1 is 1.35 bits per heavy atom. The van der Waals surface area contributed by atoms with Crippen LogP contribution in [0.2, 0.25) is 5.02 Å². The molecule has 0 fully saturated rings. The highest BCUT2D eigenvalue weighted by Gasteiger charge is 2.15. The summed E-state index contributed by atoms with van der Waals surface area (Å²) in [7, 11) is 3.09. The van der Waals surface area contributed by atoms with Gasteiger partial charge in [-0.05, 0) is 18.2 Å². The summed E-state index contributed by atoms with van der Waals surface area (Å²) in [5.41, 5.74) is 0.886. The number of hydrogen-bond donors (Lipinski definition) is 1. The standard InChI is InChI=1S/C14H20ClNO4/c1-4-16(8-7-12(17)18)9-10-5-6-11(19-2)14(20-3)13(10)15/h5-6H,4,7-9H2,1-3H3,(H,17,18). The molecule has 5 nitrogen and oxygen atoms in total. The highest BCUT2D eigenvalue weighted by atomic mass is 35.5. The van der Waals surface area contributed by atoms with Crippen LogP contribution in [0.4, 0.5) is 0 Å². The van der Waals surface area contributed by atoms with Crippen molar-refractivity contribution in [2.45, 2.75) is 19.9 Å². The van der Waals surface area contributed by atoms with Crippen LogP contribution in [0, 0.1) is 0 Å². The van der Waals surface area contributed by atoms with E-state index < -0.39 is 5.97 Å². The van der Waals surface area contributed by atoms with Crippen molar-refractivity contribution in [1.29, 1.82) is 0 Å². The number of carboxylic acid groups (broad SMARTS) is 1. The molecule has 1 aromatic carbocycles. The van der Waals surface area contributed by atoms with E-state index in [1.54, 1.807) is 13.2 Å². The van der Waals surface area contributed by atoms with Crippen molar-refractivity contribution < 1.29 is 19.4 Å². The molecule has 0 heterocycles. The van der Waals surface area contributed by atoms with Gasteiger partial charge in [-0.2, -0.15) is 0 Å². The van der Waals surface area contributed by atoms with Gasteiger partial charge in [0.25, 0.3) is 0 Å². The summed E-state index contributed by atoms with van der Waals surface area (Å²) >= 11 is 6.31. The van der Waals surface area contributed by atoms with E-state index in [4.69, 9.17) is 26.2 Å². The van der Waals surface area contributed by atoms with Gasteiger partial charge in [-0.3, -0.25) is 9.69 Å². The zero-order valence-corrected chi connectivity index (χ0v) is 12.7. The number of carbonyl (C=O) groups is 1. The molecule has 0 aromatic heterocycles. The van der Waals surface area contributed by atoms with E-state index in [1.165, 1.54) is 7.11 Å². The molecule has 112 valence electrons. The SMILES string of the molecule is CCN(CCC(=O)O)Cc1ccc(OC)c(OC)c1Cl. The summed E-state index contributed by atoms with van der Waals surface area (Å²) in [5.74, 6) is 0.276. The van der Waals surface area contributed by atoms with Crippen LogP contribution in [0.5, 0.6) is 11.5 Å². The van der Waals surface area contributed by atoms with Crippen molar-refractivity contribution in [3.05, 3.63) is 22.7 Å². The molecule has 0 aliphatic heterocycles. The Labute approximate surface area is 124 Å². The lowest BCUT2D eigenvalue weighted by Crippen LogP contribution is -2.25. The molecular weight excluding hydrogens is 282 g/mol. The largest absolute Gasteiger partial charge is 0.493 e. The third kappa shape index (κ3) is 4.28. The number of aliphatic carboxylic acids is 1. The van der Waals surface area contributed by atoms with Gasteiger partial charge < -0.3 is 14.6 Å². The first-order valence-corrected chi connectivity index (χ1v) is 6.74. The molecular formula is C14H20ClNO4. The molecule has 20 heavy (non-hydrogen) atoms. The van der Waals surface area contributed by atoms with Gasteiger partial charge in [0, 0.05) is 13.1 Å². The number of methoxy groups -OCH3 is 2. The number of hydrogen-bond acceptors (Lipinski definition) is 4. The first-order chi connectivity index (χ1) is 9.53. The lowest BCUT2D eigenvalue weighted by molar-refractivity contribution is -0.137. The van der Waals surface area contributed by atoms with Gasteiger partial charge >= 0.3 is 5.97 Å². The molecule has 0 atom stereocenters. The van der Waals surface area contributed by atoms with Crippen LogP contribution >= 0.6 is 11.6 Å². The van der Waals surface area contributed by atoms with Crippen molar-refractivity contribution in [3.8, 4) is 11.5 Å². The summed E-state index contributed by atoms with van der Waals surface area (Å²) in [6.45, 7) is 3.79. The van der Waals surface area contributed by atoms with E-state index in [0.29, 0.717) is 29.6 Å². The van der Waals surface area contributed by atoms with Crippen LogP contribution in [0.1, 0.15) is 18.9 Å². The van der Waals surface area contributed by atoms with Gasteiger partial charge in [-0.25, -0.2) is 0 Å². The van der Waals surface area contributed by atoms with E-state index in [2.05, 4.69) is 0 Å². The van der Waals surface area contributed by atoms with E-state index >= 15 is 0 Å². The molecule has 0 amide bonds. The maximum absolute atomic E-state index is 10.6. The first kappa shape index (κ1) is 16.6. The lowest BCUT2D eigenvalue weighted by atomic mass is 10.1. The highest BCUT2D eigenvalue weighted by Crippen LogP contribution is 2.37. The molecule has 1 rings (SSSR count). The summed E-state index contributed by atoms with van der Waals surface area (Å²) in [5, 5.41) is 9.24. The number of ether oxygens (including phenoxy) is 2. The summed E-state index contributed by atoms with van der Waals surface area (Å²) < 4.78 is 10.4. The van der Waals surface area contributed by atoms with Gasteiger partial charge in [0.05, 0.1) is 25.7 Å². The van der Waals surface area contributed by atoms with Crippen molar-refractivity contribution in [1.82, 2.24) is 4.90 Å². The molecule has 0 saturated heterocycles. The molecule has 0 unspecified atom stereocenters. The molecule has 6 heteroatoms. The van der Waals surface area contributed by atoms with Crippen LogP contribution in [-0.4, -0.2) is 43.3 Å². The fourth-order valence-corrected chi connectivity index (χ4v) is 2.19. The van der Waals surface area contributed by atoms with Crippen molar-refractivity contribution in [2.24, 2.45) is 0 Å². The number of carboxylic acids is 1. The van der Waals surface area contributed by atoms with Crippen LogP contribution in [0.15, 0.2) is 12.1 Å². The Balaban J connectivity index is 2.88. The Bertz CT molecular complexity index is 465. The van der Waals surface area contributed by atoms with Crippen LogP contribution < -0.4 is 9.47 Å². The third-order valence-corrected chi connectivity index (χ3v) is 3.46. The zero-order chi connectivity index (χ0) is 15.1. The first-order valence-electron chi connectivity index (χ1n) is 6.37. The Hall–Kier alpha value is -1.46. The molecule has 0 saturated carbocycles. The number of nitrogens with zero attached hydrogens (tertiary/aromatic N) is 1. The highest BCUT2D eigenvalue weighted by molar-refractivity contribution is 6.33. The second-order valence-corrected chi connectivity index (χ2v) is 4.66. The minimum absolute atomic E-state index is 0.110. The quantitative estimate of drug-likeness (QED) is 0.800. The molecule has 0 bridgehead atoms. The predicted octanol–water partition coefficient (Wildman–Crippen LogP) is 2.65. The van der Waals surface area contributed by atoms with E-state index in [1.807, 2.05) is 17.9 Å². The minimum atomic E-state index is -0.804. The normalized spacial score (nSPS) is 10.7. The molecule has 0 radical (unpaired) electrons. The van der Waals surface area contributed by atoms with Crippen molar-refractivity contribution >= 4 is 17.6 Å². The molecule has 1 N–H and O–H groups in total. The second kappa shape index (κ2) is 7.97. The van der Waals surface area contributed by atoms with Gasteiger partial charge in [-0.1, -0.05) is 24.6 Å². The Morgan fingerprint density at radius 3 is 2.55 bits per heavy atom. The molecule has 1 aromatic rings. The lowest BCUT2D eigenvalue weighted by Gasteiger charge is -2.21. The summed E-state index contributed by atoms with van der Waals surface area (Å²) in [4.78, 5) is 12.6. The fourth-order valence-electron chi connectivity index (χ4n) is 1.90. The van der Waals surface area contributed by atoms with Gasteiger partial charge in [-0.15, -0.1) is 0 Å². The average molecular weight is 302 g/mol. The van der Waals surface area contributed by atoms with E-state index in [-0.39, 0.29) is 6.42 Å². The average Bonchev–Trinajstić information content (AvgIpc) is 2.44. The van der Waals surface area contributed by atoms with Gasteiger partial charge in [0.1, 0.15) is 0 Å². The maximum atomic E-state index is 10.6. The Kier molecular flexibility index (Phi) is 6.61. The summed E-state index contributed by atoms with van der Waals surface area (Å²) in [6, 6.07) is 3.66. The van der Waals surface area contributed by atoms with Crippen LogP contribution in [0.3, 0.4) is 0 Å². The fraction of sp³-hybridized carbons (Fsp3) is 0.500. The number of rotatable bonds is 8. The molecule has 0 spiro atoms. The minimum Gasteiger partial charge on any atom is -0.493 e. The predicted molar refractivity (Wildman–Crippen MR) is 77.8 cm³/mol. The maximum Gasteiger partial charge on any atom is 0.304 e. The van der Waals surface area contributed by atoms with Crippen molar-refractivity contribution in [3.63, 3.8) is 0 Å². The second-order valence-electron chi connectivity index (χ2n) is 4.29. The van der Waals surface area contributed by atoms with Crippen LogP contribution in [0.25, 0.3) is 0 Å². The van der Waals surface area contributed by atoms with Gasteiger partial charge in [0.15, 0.2) is 11.5 Å². The zero-order valence-electron chi connectivity index (χ0n) is 12.0. The summed E-state index contributed by atoms with van der Waals surface area (Å²) in [6.07, 6.45) is 0.110. The number of halogens is 1. The third-order valence-electron chi connectivity index (χ3n) is 3.05. The van der Waals surface area contributed by atoms with Crippen LogP contribution in [-0.2, 0) is 11.3 Å². The topological polar surface area (TPSA) is 59.0 Å². The Morgan fingerprint density at radius 2 is 2.05 bits per heavy atom. The monoisotopic (exact) mass is 301 g/mol. The van der Waals surface area contributed by atoms with E-state index in [0.717, 1.165) is 12.1 Å². The molecule has 0 aliphatic carbocycles. The molecule has 0 aliphatic rings. The van der Waals surface area contributed by atoms with Gasteiger partial charge in [0.2, 0.25) is 0 Å². The smallest absolute Gasteiger partial charge is 0.304 e. The van der Waals surface area contributed by atoms with E-state index in [9.17, 15) is 4.79 Å². The number of benzene rings is 1. The van der Waals surface area contributed by atoms with Crippen molar-refractivity contribution in [2.75, 3.05) is 27.3 Å².